The van der Waals surface area contributed by atoms with E-state index < -0.39 is 10.0 Å². The Bertz CT molecular complexity index is 1950. The van der Waals surface area contributed by atoms with Crippen molar-refractivity contribution in [3.05, 3.63) is 111 Å². The van der Waals surface area contributed by atoms with Crippen LogP contribution in [0.15, 0.2) is 88.6 Å². The first-order valence-corrected chi connectivity index (χ1v) is 16.6. The van der Waals surface area contributed by atoms with Crippen molar-refractivity contribution >= 4 is 38.9 Å². The van der Waals surface area contributed by atoms with Crippen LogP contribution in [0.1, 0.15) is 34.0 Å². The van der Waals surface area contributed by atoms with Gasteiger partial charge in [0.25, 0.3) is 21.5 Å². The van der Waals surface area contributed by atoms with Gasteiger partial charge in [-0.2, -0.15) is 0 Å². The number of hydrogen-bond acceptors (Lipinski definition) is 7. The minimum atomic E-state index is -4.08. The molecule has 1 amide bonds. The van der Waals surface area contributed by atoms with Gasteiger partial charge in [-0.05, 0) is 66.4 Å². The molecule has 4 aromatic rings. The third-order valence-corrected chi connectivity index (χ3v) is 10.1. The maximum atomic E-state index is 13.8. The van der Waals surface area contributed by atoms with Crippen LogP contribution < -0.4 is 30.0 Å². The van der Waals surface area contributed by atoms with E-state index in [0.29, 0.717) is 60.6 Å². The lowest BCUT2D eigenvalue weighted by Gasteiger charge is -2.44. The van der Waals surface area contributed by atoms with Gasteiger partial charge in [0.1, 0.15) is 13.2 Å². The zero-order chi connectivity index (χ0) is 31.1. The Morgan fingerprint density at radius 2 is 1.71 bits per heavy atom. The molecule has 0 saturated carbocycles. The van der Waals surface area contributed by atoms with E-state index in [1.54, 1.807) is 48.5 Å². The van der Waals surface area contributed by atoms with Crippen LogP contribution in [0, 0.1) is 5.92 Å². The summed E-state index contributed by atoms with van der Waals surface area (Å²) in [6.45, 7) is 2.84. The summed E-state index contributed by atoms with van der Waals surface area (Å²) in [4.78, 5) is 28.0. The Morgan fingerprint density at radius 1 is 0.911 bits per heavy atom. The topological polar surface area (TPSA) is 119 Å². The molecule has 10 nitrogen and oxygen atoms in total. The Kier molecular flexibility index (Phi) is 7.66. The number of halogens is 1. The maximum Gasteiger partial charge on any atom is 0.262 e. The maximum absolute atomic E-state index is 13.8. The number of nitrogens with one attached hydrogen (secondary N) is 2. The van der Waals surface area contributed by atoms with Crippen LogP contribution >= 0.6 is 11.6 Å². The molecule has 1 aromatic heterocycles. The number of piperidine rings is 1. The highest BCUT2D eigenvalue weighted by atomic mass is 35.5. The first-order valence-electron chi connectivity index (χ1n) is 14.8. The van der Waals surface area contributed by atoms with E-state index in [4.69, 9.17) is 21.1 Å². The average molecular weight is 647 g/mol. The SMILES string of the molecule is O=C(NCc1ccc(Cl)cc1)c1ccc(N2C[C@H]3C[C@@H](C2)c2cccc(=O)n2C3)c(NS(=O)(=O)c2ccc3c(c2)OCCO3)c1. The van der Waals surface area contributed by atoms with Crippen molar-refractivity contribution in [3.8, 4) is 11.5 Å². The van der Waals surface area contributed by atoms with E-state index in [0.717, 1.165) is 17.7 Å². The van der Waals surface area contributed by atoms with Crippen molar-refractivity contribution in [2.75, 3.05) is 35.9 Å². The zero-order valence-corrected chi connectivity index (χ0v) is 25.8. The van der Waals surface area contributed by atoms with Crippen LogP contribution in [-0.2, 0) is 23.1 Å². The van der Waals surface area contributed by atoms with Crippen LogP contribution in [0.25, 0.3) is 0 Å². The van der Waals surface area contributed by atoms with Crippen LogP contribution in [0.5, 0.6) is 11.5 Å². The number of anilines is 2. The second-order valence-electron chi connectivity index (χ2n) is 11.6. The number of amides is 1. The molecule has 3 aromatic carbocycles. The zero-order valence-electron chi connectivity index (χ0n) is 24.2. The first-order chi connectivity index (χ1) is 21.7. The van der Waals surface area contributed by atoms with Crippen LogP contribution in [0.4, 0.5) is 11.4 Å². The normalized spacial score (nSPS) is 18.6. The highest BCUT2D eigenvalue weighted by Crippen LogP contribution is 2.40. The molecule has 2 atom stereocenters. The van der Waals surface area contributed by atoms with Gasteiger partial charge >= 0.3 is 0 Å². The van der Waals surface area contributed by atoms with Crippen molar-refractivity contribution in [1.82, 2.24) is 9.88 Å². The lowest BCUT2D eigenvalue weighted by Crippen LogP contribution is -2.47. The summed E-state index contributed by atoms with van der Waals surface area (Å²) in [5.41, 5.74) is 3.11. The summed E-state index contributed by atoms with van der Waals surface area (Å²) < 4.78 is 43.3. The number of carbonyl (C=O) groups excluding carboxylic acids is 1. The number of carbonyl (C=O) groups is 1. The molecular formula is C33H31ClN4O6S. The third kappa shape index (κ3) is 5.97. The Balaban J connectivity index is 1.21. The van der Waals surface area contributed by atoms with Gasteiger partial charge in [-0.1, -0.05) is 29.8 Å². The number of pyridine rings is 1. The third-order valence-electron chi connectivity index (χ3n) is 8.51. The molecule has 2 bridgehead atoms. The Hall–Kier alpha value is -4.48. The number of ether oxygens (including phenoxy) is 2. The standard InChI is InChI=1S/C33H31ClN4O6S/c34-25-7-4-21(5-8-25)17-35-33(40)23-6-10-29(37-18-22-14-24(20-37)28-2-1-3-32(39)38(28)19-22)27(15-23)36-45(41,42)26-9-11-30-31(16-26)44-13-12-43-30/h1-11,15-16,22,24,36H,12-14,17-20H2,(H,35,40)/t22-,24+/m1/s1. The molecule has 0 radical (unpaired) electrons. The molecule has 1 saturated heterocycles. The molecule has 1 fully saturated rings. The van der Waals surface area contributed by atoms with E-state index in [2.05, 4.69) is 14.9 Å². The lowest BCUT2D eigenvalue weighted by atomic mass is 9.83. The number of rotatable bonds is 7. The van der Waals surface area contributed by atoms with Gasteiger partial charge < -0.3 is 24.3 Å². The highest BCUT2D eigenvalue weighted by Gasteiger charge is 2.35. The fourth-order valence-corrected chi connectivity index (χ4v) is 7.62. The lowest BCUT2D eigenvalue weighted by molar-refractivity contribution is 0.0951. The molecule has 45 heavy (non-hydrogen) atoms. The first kappa shape index (κ1) is 29.2. The van der Waals surface area contributed by atoms with Crippen molar-refractivity contribution < 1.29 is 22.7 Å². The molecule has 7 rings (SSSR count). The smallest absolute Gasteiger partial charge is 0.262 e. The molecule has 4 heterocycles. The molecule has 3 aliphatic rings. The number of aromatic nitrogens is 1. The molecule has 0 aliphatic carbocycles. The van der Waals surface area contributed by atoms with Crippen LogP contribution in [0.3, 0.4) is 0 Å². The minimum absolute atomic E-state index is 0.00232. The molecule has 12 heteroatoms. The summed E-state index contributed by atoms with van der Waals surface area (Å²) in [6, 6.07) is 22.1. The predicted molar refractivity (Wildman–Crippen MR) is 171 cm³/mol. The van der Waals surface area contributed by atoms with Gasteiger partial charge in [0, 0.05) is 60.5 Å². The largest absolute Gasteiger partial charge is 0.486 e. The number of hydrogen-bond donors (Lipinski definition) is 2. The van der Waals surface area contributed by atoms with Crippen molar-refractivity contribution in [2.45, 2.75) is 30.3 Å². The van der Waals surface area contributed by atoms with Crippen LogP contribution in [0.2, 0.25) is 5.02 Å². The molecule has 3 aliphatic heterocycles. The van der Waals surface area contributed by atoms with Crippen LogP contribution in [-0.4, -0.2) is 45.2 Å². The molecule has 0 unspecified atom stereocenters. The quantitative estimate of drug-likeness (QED) is 0.301. The van der Waals surface area contributed by atoms with Gasteiger partial charge in [0.05, 0.1) is 16.3 Å². The summed E-state index contributed by atoms with van der Waals surface area (Å²) >= 11 is 5.99. The van der Waals surface area contributed by atoms with Crippen molar-refractivity contribution in [1.29, 1.82) is 0 Å². The highest BCUT2D eigenvalue weighted by molar-refractivity contribution is 7.92. The Morgan fingerprint density at radius 3 is 2.53 bits per heavy atom. The van der Waals surface area contributed by atoms with E-state index in [1.807, 2.05) is 22.8 Å². The van der Waals surface area contributed by atoms with Gasteiger partial charge in [0.2, 0.25) is 0 Å². The number of nitrogens with zero attached hydrogens (tertiary/aromatic N) is 2. The van der Waals surface area contributed by atoms with Gasteiger partial charge in [-0.3, -0.25) is 14.3 Å². The molecular weight excluding hydrogens is 616 g/mol. The van der Waals surface area contributed by atoms with E-state index in [1.165, 1.54) is 12.1 Å². The van der Waals surface area contributed by atoms with E-state index >= 15 is 0 Å². The fraction of sp³-hybridized carbons (Fsp3) is 0.273. The predicted octanol–water partition coefficient (Wildman–Crippen LogP) is 4.63. The van der Waals surface area contributed by atoms with Gasteiger partial charge in [-0.25, -0.2) is 8.42 Å². The molecule has 232 valence electrons. The molecule has 0 spiro atoms. The second kappa shape index (κ2) is 11.8. The summed E-state index contributed by atoms with van der Waals surface area (Å²) in [5, 5.41) is 3.51. The summed E-state index contributed by atoms with van der Waals surface area (Å²) in [5.74, 6) is 0.814. The second-order valence-corrected chi connectivity index (χ2v) is 13.7. The van der Waals surface area contributed by atoms with E-state index in [9.17, 15) is 18.0 Å². The monoisotopic (exact) mass is 646 g/mol. The van der Waals surface area contributed by atoms with Crippen molar-refractivity contribution in [3.63, 3.8) is 0 Å². The molecule has 2 N–H and O–H groups in total. The summed E-state index contributed by atoms with van der Waals surface area (Å²) in [6.07, 6.45) is 0.948. The number of fused-ring (bicyclic) bond motifs is 5. The number of sulfonamides is 1. The van der Waals surface area contributed by atoms with Crippen molar-refractivity contribution in [2.24, 2.45) is 5.92 Å². The number of benzene rings is 3. The minimum Gasteiger partial charge on any atom is -0.486 e. The fourth-order valence-electron chi connectivity index (χ4n) is 6.41. The Labute approximate surface area is 265 Å². The summed E-state index contributed by atoms with van der Waals surface area (Å²) in [7, 11) is -4.08. The average Bonchev–Trinajstić information content (AvgIpc) is 3.04. The van der Waals surface area contributed by atoms with Gasteiger partial charge in [0.15, 0.2) is 11.5 Å². The van der Waals surface area contributed by atoms with E-state index in [-0.39, 0.29) is 40.4 Å². The van der Waals surface area contributed by atoms with Gasteiger partial charge in [-0.15, -0.1) is 0 Å².